The predicted molar refractivity (Wildman–Crippen MR) is 120 cm³/mol. The van der Waals surface area contributed by atoms with Gasteiger partial charge in [0, 0.05) is 30.3 Å². The van der Waals surface area contributed by atoms with Crippen LogP contribution in [-0.2, 0) is 16.1 Å². The Morgan fingerprint density at radius 1 is 1.10 bits per heavy atom. The van der Waals surface area contributed by atoms with Crippen molar-refractivity contribution in [2.24, 2.45) is 11.8 Å². The van der Waals surface area contributed by atoms with Gasteiger partial charge in [0.1, 0.15) is 5.69 Å². The summed E-state index contributed by atoms with van der Waals surface area (Å²) in [4.78, 5) is 40.6. The van der Waals surface area contributed by atoms with Gasteiger partial charge in [-0.2, -0.15) is 0 Å². The smallest absolute Gasteiger partial charge is 0.354 e. The third-order valence-corrected chi connectivity index (χ3v) is 5.72. The van der Waals surface area contributed by atoms with Crippen molar-refractivity contribution in [3.63, 3.8) is 0 Å². The Balaban J connectivity index is 3.26. The molecule has 0 aliphatic heterocycles. The van der Waals surface area contributed by atoms with Crippen molar-refractivity contribution in [1.82, 2.24) is 9.47 Å². The van der Waals surface area contributed by atoms with E-state index in [9.17, 15) is 14.4 Å². The molecule has 0 radical (unpaired) electrons. The van der Waals surface area contributed by atoms with Gasteiger partial charge in [0.2, 0.25) is 5.91 Å². The molecule has 0 aliphatic rings. The van der Waals surface area contributed by atoms with Crippen LogP contribution in [0.15, 0.2) is 0 Å². The first-order valence-corrected chi connectivity index (χ1v) is 11.2. The van der Waals surface area contributed by atoms with Gasteiger partial charge < -0.3 is 14.2 Å². The van der Waals surface area contributed by atoms with E-state index < -0.39 is 5.97 Å². The van der Waals surface area contributed by atoms with E-state index in [2.05, 4.69) is 20.8 Å². The van der Waals surface area contributed by atoms with E-state index in [4.69, 9.17) is 4.74 Å². The second-order valence-corrected chi connectivity index (χ2v) is 8.45. The molecule has 0 aromatic carbocycles. The van der Waals surface area contributed by atoms with E-state index in [0.717, 1.165) is 31.4 Å². The number of rotatable bonds is 12. The highest BCUT2D eigenvalue weighted by Crippen LogP contribution is 2.25. The molecule has 0 spiro atoms. The van der Waals surface area contributed by atoms with Crippen molar-refractivity contribution in [3.05, 3.63) is 22.5 Å². The Hall–Kier alpha value is -2.11. The Bertz CT molecular complexity index is 749. The Morgan fingerprint density at radius 3 is 2.20 bits per heavy atom. The normalized spacial score (nSPS) is 12.2. The minimum Gasteiger partial charge on any atom is -0.464 e. The van der Waals surface area contributed by atoms with Crippen LogP contribution in [-0.4, -0.2) is 47.3 Å². The lowest BCUT2D eigenvalue weighted by Gasteiger charge is -2.28. The molecule has 1 unspecified atom stereocenters. The van der Waals surface area contributed by atoms with Crippen molar-refractivity contribution in [3.8, 4) is 0 Å². The van der Waals surface area contributed by atoms with Crippen molar-refractivity contribution in [2.45, 2.75) is 80.7 Å². The molecule has 0 N–H and O–H groups in total. The molecule has 0 saturated carbocycles. The lowest BCUT2D eigenvalue weighted by Crippen LogP contribution is -2.42. The van der Waals surface area contributed by atoms with Crippen molar-refractivity contribution in [1.29, 1.82) is 0 Å². The average molecular weight is 421 g/mol. The number of carbonyl (C=O) groups is 3. The number of nitrogens with zero attached hydrogens (tertiary/aromatic N) is 2. The minimum absolute atomic E-state index is 0.0374. The highest BCUT2D eigenvalue weighted by molar-refractivity contribution is 6.04. The van der Waals surface area contributed by atoms with Crippen molar-refractivity contribution in [2.75, 3.05) is 20.2 Å². The summed E-state index contributed by atoms with van der Waals surface area (Å²) in [6.07, 6.45) is 3.68. The van der Waals surface area contributed by atoms with Gasteiger partial charge in [0.05, 0.1) is 13.7 Å². The maximum atomic E-state index is 13.3. The zero-order valence-corrected chi connectivity index (χ0v) is 20.1. The predicted octanol–water partition coefficient (Wildman–Crippen LogP) is 4.80. The molecular weight excluding hydrogens is 380 g/mol. The topological polar surface area (TPSA) is 68.6 Å². The molecule has 1 aromatic rings. The van der Waals surface area contributed by atoms with Gasteiger partial charge in [-0.1, -0.05) is 40.5 Å². The van der Waals surface area contributed by atoms with Gasteiger partial charge in [-0.05, 0) is 45.1 Å². The first kappa shape index (κ1) is 25.9. The number of ketones is 1. The van der Waals surface area contributed by atoms with Crippen molar-refractivity contribution < 1.29 is 19.1 Å². The molecule has 0 fully saturated rings. The van der Waals surface area contributed by atoms with Crippen molar-refractivity contribution >= 4 is 17.7 Å². The number of carbonyl (C=O) groups excluding carboxylic acids is 3. The van der Waals surface area contributed by atoms with Crippen LogP contribution >= 0.6 is 0 Å². The quantitative estimate of drug-likeness (QED) is 0.360. The summed E-state index contributed by atoms with van der Waals surface area (Å²) in [7, 11) is 1.34. The summed E-state index contributed by atoms with van der Waals surface area (Å²) in [5, 5.41) is 0. The van der Waals surface area contributed by atoms with E-state index in [1.165, 1.54) is 7.11 Å². The van der Waals surface area contributed by atoms with E-state index in [1.807, 2.05) is 25.3 Å². The number of hydrogen-bond acceptors (Lipinski definition) is 4. The van der Waals surface area contributed by atoms with Crippen LogP contribution in [0.1, 0.15) is 92.4 Å². The lowest BCUT2D eigenvalue weighted by atomic mass is 9.96. The standard InChI is InChI=1S/C24H40N2O4/c1-9-12-13-19(10-2)23(28)25(14-16(4)5)15-20(27)21-17(6)22(24(29)30-8)26(11-3)18(21)7/h16,19H,9-15H2,1-8H3. The second-order valence-electron chi connectivity index (χ2n) is 8.45. The fourth-order valence-electron chi connectivity index (χ4n) is 4.20. The lowest BCUT2D eigenvalue weighted by molar-refractivity contribution is -0.136. The van der Waals surface area contributed by atoms with Gasteiger partial charge in [0.15, 0.2) is 5.78 Å². The van der Waals surface area contributed by atoms with E-state index in [0.29, 0.717) is 29.9 Å². The maximum Gasteiger partial charge on any atom is 0.354 e. The van der Waals surface area contributed by atoms with Crippen LogP contribution in [0.25, 0.3) is 0 Å². The number of unbranched alkanes of at least 4 members (excludes halogenated alkanes) is 1. The molecule has 6 heteroatoms. The fraction of sp³-hybridized carbons (Fsp3) is 0.708. The number of methoxy groups -OCH3 is 1. The Kier molecular flexibility index (Phi) is 10.3. The summed E-state index contributed by atoms with van der Waals surface area (Å²) in [5.74, 6) is -0.298. The molecule has 1 aromatic heterocycles. The molecule has 0 bridgehead atoms. The number of esters is 1. The highest BCUT2D eigenvalue weighted by Gasteiger charge is 2.30. The highest BCUT2D eigenvalue weighted by atomic mass is 16.5. The molecule has 1 heterocycles. The summed E-state index contributed by atoms with van der Waals surface area (Å²) in [6, 6.07) is 0. The number of Topliss-reactive ketones (excluding diaryl/α,β-unsaturated/α-hetero) is 1. The van der Waals surface area contributed by atoms with Gasteiger partial charge >= 0.3 is 5.97 Å². The summed E-state index contributed by atoms with van der Waals surface area (Å²) >= 11 is 0. The number of aromatic nitrogens is 1. The average Bonchev–Trinajstić information content (AvgIpc) is 2.96. The van der Waals surface area contributed by atoms with E-state index in [-0.39, 0.29) is 30.1 Å². The summed E-state index contributed by atoms with van der Waals surface area (Å²) in [5.41, 5.74) is 2.31. The largest absolute Gasteiger partial charge is 0.464 e. The van der Waals surface area contributed by atoms with Crippen LogP contribution in [0.2, 0.25) is 0 Å². The molecule has 170 valence electrons. The van der Waals surface area contributed by atoms with Crippen LogP contribution in [0, 0.1) is 25.7 Å². The van der Waals surface area contributed by atoms with Gasteiger partial charge in [-0.3, -0.25) is 9.59 Å². The monoisotopic (exact) mass is 420 g/mol. The fourth-order valence-corrected chi connectivity index (χ4v) is 4.20. The Labute approximate surface area is 182 Å². The number of amides is 1. The van der Waals surface area contributed by atoms with Crippen LogP contribution in [0.5, 0.6) is 0 Å². The van der Waals surface area contributed by atoms with Crippen LogP contribution < -0.4 is 0 Å². The first-order valence-electron chi connectivity index (χ1n) is 11.2. The second kappa shape index (κ2) is 11.9. The molecular formula is C24H40N2O4. The minimum atomic E-state index is -0.447. The van der Waals surface area contributed by atoms with E-state index >= 15 is 0 Å². The van der Waals surface area contributed by atoms with Gasteiger partial charge in [-0.15, -0.1) is 0 Å². The Morgan fingerprint density at radius 2 is 1.73 bits per heavy atom. The number of hydrogen-bond donors (Lipinski definition) is 0. The SMILES string of the molecule is CCCCC(CC)C(=O)N(CC(=O)c1c(C)c(C(=O)OC)n(CC)c1C)CC(C)C. The maximum absolute atomic E-state index is 13.3. The summed E-state index contributed by atoms with van der Waals surface area (Å²) in [6.45, 7) is 15.0. The van der Waals surface area contributed by atoms with Crippen LogP contribution in [0.4, 0.5) is 0 Å². The molecule has 1 atom stereocenters. The molecule has 0 saturated heterocycles. The van der Waals surface area contributed by atoms with Gasteiger partial charge in [-0.25, -0.2) is 4.79 Å². The first-order chi connectivity index (χ1) is 14.1. The third kappa shape index (κ3) is 5.96. The van der Waals surface area contributed by atoms with Gasteiger partial charge in [0.25, 0.3) is 0 Å². The van der Waals surface area contributed by atoms with Crippen LogP contribution in [0.3, 0.4) is 0 Å². The molecule has 6 nitrogen and oxygen atoms in total. The molecule has 1 amide bonds. The zero-order chi connectivity index (χ0) is 23.0. The molecule has 0 aliphatic carbocycles. The molecule has 30 heavy (non-hydrogen) atoms. The van der Waals surface area contributed by atoms with E-state index in [1.54, 1.807) is 11.8 Å². The zero-order valence-electron chi connectivity index (χ0n) is 20.1. The number of ether oxygens (including phenoxy) is 1. The summed E-state index contributed by atoms with van der Waals surface area (Å²) < 4.78 is 6.75. The third-order valence-electron chi connectivity index (χ3n) is 5.72. The molecule has 1 rings (SSSR count).